The van der Waals surface area contributed by atoms with Crippen LogP contribution in [0.1, 0.15) is 18.5 Å². The van der Waals surface area contributed by atoms with Crippen molar-refractivity contribution in [2.45, 2.75) is 22.8 Å². The van der Waals surface area contributed by atoms with Gasteiger partial charge in [0.2, 0.25) is 0 Å². The maximum Gasteiger partial charge on any atom is 0.0548 e. The Morgan fingerprint density at radius 2 is 1.82 bits per heavy atom. The molecule has 2 rings (SSSR count). The largest absolute Gasteiger partial charge is 0.324 e. The van der Waals surface area contributed by atoms with Gasteiger partial charge in [-0.2, -0.15) is 0 Å². The zero-order valence-electron chi connectivity index (χ0n) is 9.56. The van der Waals surface area contributed by atoms with Crippen molar-refractivity contribution in [2.24, 2.45) is 5.73 Å². The van der Waals surface area contributed by atoms with E-state index in [1.807, 2.05) is 43.3 Å². The molecule has 0 saturated heterocycles. The van der Waals surface area contributed by atoms with Crippen LogP contribution in [-0.4, -0.2) is 0 Å². The Balaban J connectivity index is 2.23. The van der Waals surface area contributed by atoms with Crippen LogP contribution in [0.3, 0.4) is 0 Å². The standard InChI is InChI=1S/C14H14ClNS/c1-10(16)11-7-8-14(13(15)9-11)17-12-5-3-2-4-6-12/h2-10H,16H2,1H3/t10-/m0/s1. The second kappa shape index (κ2) is 5.58. The molecule has 0 spiro atoms. The number of benzene rings is 2. The molecule has 17 heavy (non-hydrogen) atoms. The van der Waals surface area contributed by atoms with Crippen LogP contribution in [0.2, 0.25) is 5.02 Å². The lowest BCUT2D eigenvalue weighted by atomic mass is 10.1. The van der Waals surface area contributed by atoms with Crippen molar-refractivity contribution in [3.8, 4) is 0 Å². The molecule has 0 aliphatic heterocycles. The minimum Gasteiger partial charge on any atom is -0.324 e. The summed E-state index contributed by atoms with van der Waals surface area (Å²) in [6.07, 6.45) is 0. The van der Waals surface area contributed by atoms with Gasteiger partial charge >= 0.3 is 0 Å². The van der Waals surface area contributed by atoms with Crippen LogP contribution in [0.15, 0.2) is 58.3 Å². The summed E-state index contributed by atoms with van der Waals surface area (Å²) in [4.78, 5) is 2.24. The highest BCUT2D eigenvalue weighted by Crippen LogP contribution is 2.34. The minimum atomic E-state index is 0.0169. The Hall–Kier alpha value is -0.960. The smallest absolute Gasteiger partial charge is 0.0548 e. The van der Waals surface area contributed by atoms with Crippen LogP contribution in [0.25, 0.3) is 0 Å². The van der Waals surface area contributed by atoms with E-state index < -0.39 is 0 Å². The van der Waals surface area contributed by atoms with E-state index in [4.69, 9.17) is 17.3 Å². The highest BCUT2D eigenvalue weighted by Gasteiger charge is 2.06. The van der Waals surface area contributed by atoms with Gasteiger partial charge in [-0.05, 0) is 36.8 Å². The van der Waals surface area contributed by atoms with Gasteiger partial charge in [-0.15, -0.1) is 0 Å². The molecule has 88 valence electrons. The molecule has 0 amide bonds. The van der Waals surface area contributed by atoms with Gasteiger partial charge in [0, 0.05) is 15.8 Å². The number of hydrogen-bond acceptors (Lipinski definition) is 2. The van der Waals surface area contributed by atoms with Crippen molar-refractivity contribution in [2.75, 3.05) is 0 Å². The monoisotopic (exact) mass is 263 g/mol. The van der Waals surface area contributed by atoms with E-state index >= 15 is 0 Å². The van der Waals surface area contributed by atoms with Crippen LogP contribution in [0, 0.1) is 0 Å². The van der Waals surface area contributed by atoms with Gasteiger partial charge in [-0.3, -0.25) is 0 Å². The summed E-state index contributed by atoms with van der Waals surface area (Å²) in [6.45, 7) is 1.95. The molecule has 0 bridgehead atoms. The fourth-order valence-electron chi connectivity index (χ4n) is 1.50. The van der Waals surface area contributed by atoms with Gasteiger partial charge < -0.3 is 5.73 Å². The zero-order chi connectivity index (χ0) is 12.3. The van der Waals surface area contributed by atoms with E-state index in [1.54, 1.807) is 11.8 Å². The Morgan fingerprint density at radius 1 is 1.12 bits per heavy atom. The van der Waals surface area contributed by atoms with E-state index in [-0.39, 0.29) is 6.04 Å². The molecule has 0 heterocycles. The van der Waals surface area contributed by atoms with Crippen molar-refractivity contribution in [1.82, 2.24) is 0 Å². The maximum absolute atomic E-state index is 6.25. The van der Waals surface area contributed by atoms with E-state index in [0.717, 1.165) is 15.5 Å². The third-order valence-electron chi connectivity index (χ3n) is 2.45. The Morgan fingerprint density at radius 3 is 2.41 bits per heavy atom. The summed E-state index contributed by atoms with van der Waals surface area (Å²) in [5.74, 6) is 0. The Kier molecular flexibility index (Phi) is 4.11. The SMILES string of the molecule is C[C@H](N)c1ccc(Sc2ccccc2)c(Cl)c1. The molecular weight excluding hydrogens is 250 g/mol. The van der Waals surface area contributed by atoms with Crippen LogP contribution in [-0.2, 0) is 0 Å². The average Bonchev–Trinajstić information content (AvgIpc) is 2.33. The van der Waals surface area contributed by atoms with Gasteiger partial charge in [0.25, 0.3) is 0 Å². The van der Waals surface area contributed by atoms with Gasteiger partial charge in [0.05, 0.1) is 5.02 Å². The van der Waals surface area contributed by atoms with Gasteiger partial charge in [-0.25, -0.2) is 0 Å². The van der Waals surface area contributed by atoms with Gasteiger partial charge in [-0.1, -0.05) is 47.6 Å². The third kappa shape index (κ3) is 3.25. The molecule has 2 N–H and O–H groups in total. The second-order valence-electron chi connectivity index (χ2n) is 3.89. The third-order valence-corrected chi connectivity index (χ3v) is 3.96. The predicted molar refractivity (Wildman–Crippen MR) is 74.6 cm³/mol. The normalized spacial score (nSPS) is 12.4. The lowest BCUT2D eigenvalue weighted by Crippen LogP contribution is -2.04. The molecule has 0 unspecified atom stereocenters. The number of rotatable bonds is 3. The molecule has 2 aromatic carbocycles. The average molecular weight is 264 g/mol. The van der Waals surface area contributed by atoms with Crippen LogP contribution in [0.5, 0.6) is 0 Å². The van der Waals surface area contributed by atoms with E-state index in [1.165, 1.54) is 4.90 Å². The molecule has 1 nitrogen and oxygen atoms in total. The molecule has 0 aromatic heterocycles. The predicted octanol–water partition coefficient (Wildman–Crippen LogP) is 4.51. The van der Waals surface area contributed by atoms with Gasteiger partial charge in [0.1, 0.15) is 0 Å². The summed E-state index contributed by atoms with van der Waals surface area (Å²) in [6, 6.07) is 16.2. The van der Waals surface area contributed by atoms with Crippen molar-refractivity contribution in [3.05, 3.63) is 59.1 Å². The van der Waals surface area contributed by atoms with Crippen LogP contribution in [0.4, 0.5) is 0 Å². The van der Waals surface area contributed by atoms with Crippen molar-refractivity contribution in [1.29, 1.82) is 0 Å². The Labute approximate surface area is 111 Å². The highest BCUT2D eigenvalue weighted by molar-refractivity contribution is 7.99. The molecule has 0 saturated carbocycles. The lowest BCUT2D eigenvalue weighted by Gasteiger charge is -2.09. The summed E-state index contributed by atoms with van der Waals surface area (Å²) in [5.41, 5.74) is 6.88. The summed E-state index contributed by atoms with van der Waals surface area (Å²) in [5, 5.41) is 0.758. The fourth-order valence-corrected chi connectivity index (χ4v) is 2.64. The lowest BCUT2D eigenvalue weighted by molar-refractivity contribution is 0.817. The summed E-state index contributed by atoms with van der Waals surface area (Å²) < 4.78 is 0. The second-order valence-corrected chi connectivity index (χ2v) is 5.42. The number of halogens is 1. The van der Waals surface area contributed by atoms with E-state index in [0.29, 0.717) is 0 Å². The molecule has 0 aliphatic rings. The van der Waals surface area contributed by atoms with Crippen molar-refractivity contribution < 1.29 is 0 Å². The van der Waals surface area contributed by atoms with Crippen molar-refractivity contribution in [3.63, 3.8) is 0 Å². The molecule has 2 aromatic rings. The summed E-state index contributed by atoms with van der Waals surface area (Å²) in [7, 11) is 0. The first kappa shape index (κ1) is 12.5. The molecule has 0 fully saturated rings. The molecular formula is C14H14ClNS. The molecule has 1 atom stereocenters. The van der Waals surface area contributed by atoms with Gasteiger partial charge in [0.15, 0.2) is 0 Å². The Bertz CT molecular complexity index is 497. The number of hydrogen-bond donors (Lipinski definition) is 1. The molecule has 3 heteroatoms. The first-order valence-corrected chi connectivity index (χ1v) is 6.64. The van der Waals surface area contributed by atoms with Crippen LogP contribution < -0.4 is 5.73 Å². The zero-order valence-corrected chi connectivity index (χ0v) is 11.1. The number of nitrogens with two attached hydrogens (primary N) is 1. The molecule has 0 aliphatic carbocycles. The fraction of sp³-hybridized carbons (Fsp3) is 0.143. The quantitative estimate of drug-likeness (QED) is 0.882. The van der Waals surface area contributed by atoms with E-state index in [9.17, 15) is 0 Å². The van der Waals surface area contributed by atoms with Crippen molar-refractivity contribution >= 4 is 23.4 Å². The van der Waals surface area contributed by atoms with Crippen LogP contribution >= 0.6 is 23.4 Å². The first-order valence-electron chi connectivity index (χ1n) is 5.45. The maximum atomic E-state index is 6.25. The summed E-state index contributed by atoms with van der Waals surface area (Å²) >= 11 is 7.91. The first-order chi connectivity index (χ1) is 8.16. The van der Waals surface area contributed by atoms with E-state index in [2.05, 4.69) is 12.1 Å². The topological polar surface area (TPSA) is 26.0 Å². The minimum absolute atomic E-state index is 0.0169. The highest BCUT2D eigenvalue weighted by atomic mass is 35.5. The molecule has 0 radical (unpaired) electrons.